The van der Waals surface area contributed by atoms with Gasteiger partial charge in [-0.3, -0.25) is 4.79 Å². The average Bonchev–Trinajstić information content (AvgIpc) is 2.73. The first-order valence-electron chi connectivity index (χ1n) is 10.5. The molecule has 1 saturated heterocycles. The van der Waals surface area contributed by atoms with Gasteiger partial charge in [0.2, 0.25) is 10.0 Å². The molecule has 2 aliphatic heterocycles. The number of para-hydroxylation sites is 1. The molecule has 6 nitrogen and oxygen atoms in total. The summed E-state index contributed by atoms with van der Waals surface area (Å²) in [7, 11) is -3.55. The molecule has 1 fully saturated rings. The number of rotatable bonds is 4. The maximum Gasteiger partial charge on any atom is 0.251 e. The molecule has 1 N–H and O–H groups in total. The fourth-order valence-corrected chi connectivity index (χ4v) is 6.14. The quantitative estimate of drug-likeness (QED) is 0.807. The van der Waals surface area contributed by atoms with Crippen LogP contribution in [0.5, 0.6) is 5.75 Å². The first-order valence-corrected chi connectivity index (χ1v) is 11.9. The van der Waals surface area contributed by atoms with Gasteiger partial charge in [0.25, 0.3) is 5.91 Å². The molecule has 0 spiro atoms. The average molecular weight is 429 g/mol. The molecule has 3 atom stereocenters. The Labute approximate surface area is 178 Å². The van der Waals surface area contributed by atoms with Gasteiger partial charge in [0.1, 0.15) is 5.75 Å². The van der Waals surface area contributed by atoms with E-state index >= 15 is 0 Å². The Morgan fingerprint density at radius 1 is 1.03 bits per heavy atom. The van der Waals surface area contributed by atoms with Crippen molar-refractivity contribution < 1.29 is 17.9 Å². The zero-order valence-corrected chi connectivity index (χ0v) is 18.2. The number of nitrogens with zero attached hydrogens (tertiary/aromatic N) is 1. The van der Waals surface area contributed by atoms with Gasteiger partial charge < -0.3 is 10.1 Å². The molecular formula is C23H28N2O4S. The van der Waals surface area contributed by atoms with Crippen molar-refractivity contribution >= 4 is 15.9 Å². The summed E-state index contributed by atoms with van der Waals surface area (Å²) in [4.78, 5) is 13.0. The van der Waals surface area contributed by atoms with Gasteiger partial charge in [0.15, 0.2) is 0 Å². The molecule has 2 aliphatic rings. The lowest BCUT2D eigenvalue weighted by molar-refractivity contribution is 0.0924. The first-order chi connectivity index (χ1) is 14.3. The van der Waals surface area contributed by atoms with Crippen molar-refractivity contribution in [3.63, 3.8) is 0 Å². The first kappa shape index (κ1) is 20.9. The number of fused-ring (bicyclic) bond motifs is 1. The standard InChI is InChI=1S/C23H28N2O4S/c1-16-13-17(2)15-25(14-16)30(27,28)19-9-7-18(8-10-19)23(26)24-21-11-12-29-22-6-4-3-5-20(21)22/h3-10,16-17,21H,11-15H2,1-2H3,(H,24,26). The van der Waals surface area contributed by atoms with Crippen LogP contribution in [0.15, 0.2) is 53.4 Å². The van der Waals surface area contributed by atoms with E-state index in [1.807, 2.05) is 24.3 Å². The smallest absolute Gasteiger partial charge is 0.251 e. The fraction of sp³-hybridized carbons (Fsp3) is 0.435. The molecule has 2 aromatic carbocycles. The molecule has 0 saturated carbocycles. The zero-order chi connectivity index (χ0) is 21.3. The second-order valence-corrected chi connectivity index (χ2v) is 10.4. The largest absolute Gasteiger partial charge is 0.493 e. The minimum Gasteiger partial charge on any atom is -0.493 e. The number of ether oxygens (including phenoxy) is 1. The van der Waals surface area contributed by atoms with Gasteiger partial charge in [0.05, 0.1) is 17.5 Å². The molecule has 2 aromatic rings. The molecule has 0 radical (unpaired) electrons. The summed E-state index contributed by atoms with van der Waals surface area (Å²) in [5.74, 6) is 1.26. The van der Waals surface area contributed by atoms with Crippen LogP contribution < -0.4 is 10.1 Å². The minimum absolute atomic E-state index is 0.123. The van der Waals surface area contributed by atoms with Crippen LogP contribution in [0.4, 0.5) is 0 Å². The summed E-state index contributed by atoms with van der Waals surface area (Å²) in [5, 5.41) is 3.05. The van der Waals surface area contributed by atoms with Gasteiger partial charge in [0, 0.05) is 30.6 Å². The highest BCUT2D eigenvalue weighted by atomic mass is 32.2. The van der Waals surface area contributed by atoms with Gasteiger partial charge in [-0.25, -0.2) is 8.42 Å². The van der Waals surface area contributed by atoms with Gasteiger partial charge in [-0.05, 0) is 48.6 Å². The van der Waals surface area contributed by atoms with Crippen molar-refractivity contribution in [1.29, 1.82) is 0 Å². The van der Waals surface area contributed by atoms with Crippen molar-refractivity contribution in [2.45, 2.75) is 37.6 Å². The normalized spacial score (nSPS) is 24.5. The lowest BCUT2D eigenvalue weighted by Gasteiger charge is -2.34. The number of carbonyl (C=O) groups excluding carboxylic acids is 1. The Morgan fingerprint density at radius 3 is 2.40 bits per heavy atom. The van der Waals surface area contributed by atoms with E-state index in [0.29, 0.717) is 43.5 Å². The van der Waals surface area contributed by atoms with Crippen molar-refractivity contribution in [3.05, 3.63) is 59.7 Å². The summed E-state index contributed by atoms with van der Waals surface area (Å²) in [6, 6.07) is 13.8. The number of benzene rings is 2. The Bertz CT molecular complexity index is 1010. The van der Waals surface area contributed by atoms with E-state index in [1.165, 1.54) is 12.1 Å². The van der Waals surface area contributed by atoms with Gasteiger partial charge in [-0.1, -0.05) is 32.0 Å². The summed E-state index contributed by atoms with van der Waals surface area (Å²) in [5.41, 5.74) is 1.41. The van der Waals surface area contributed by atoms with E-state index in [9.17, 15) is 13.2 Å². The van der Waals surface area contributed by atoms with Crippen LogP contribution in [0.2, 0.25) is 0 Å². The highest BCUT2D eigenvalue weighted by Gasteiger charge is 2.31. The summed E-state index contributed by atoms with van der Waals surface area (Å²) >= 11 is 0. The third kappa shape index (κ3) is 4.23. The van der Waals surface area contributed by atoms with E-state index in [2.05, 4.69) is 19.2 Å². The lowest BCUT2D eigenvalue weighted by atomic mass is 9.94. The van der Waals surface area contributed by atoms with Gasteiger partial charge >= 0.3 is 0 Å². The molecule has 30 heavy (non-hydrogen) atoms. The maximum atomic E-state index is 13.0. The summed E-state index contributed by atoms with van der Waals surface area (Å²) in [6.45, 7) is 5.79. The molecular weight excluding hydrogens is 400 g/mol. The minimum atomic E-state index is -3.55. The predicted octanol–water partition coefficient (Wildman–Crippen LogP) is 3.61. The molecule has 0 aliphatic carbocycles. The van der Waals surface area contributed by atoms with Gasteiger partial charge in [-0.2, -0.15) is 4.31 Å². The lowest BCUT2D eigenvalue weighted by Crippen LogP contribution is -2.42. The second kappa shape index (κ2) is 8.40. The molecule has 0 bridgehead atoms. The van der Waals surface area contributed by atoms with Crippen LogP contribution in [-0.4, -0.2) is 38.3 Å². The van der Waals surface area contributed by atoms with Crippen LogP contribution in [0.1, 0.15) is 48.7 Å². The highest BCUT2D eigenvalue weighted by molar-refractivity contribution is 7.89. The predicted molar refractivity (Wildman–Crippen MR) is 115 cm³/mol. The summed E-state index contributed by atoms with van der Waals surface area (Å²) in [6.07, 6.45) is 1.74. The van der Waals surface area contributed by atoms with E-state index in [-0.39, 0.29) is 16.8 Å². The zero-order valence-electron chi connectivity index (χ0n) is 17.4. The van der Waals surface area contributed by atoms with E-state index < -0.39 is 10.0 Å². The third-order valence-electron chi connectivity index (χ3n) is 5.85. The molecule has 3 unspecified atom stereocenters. The van der Waals surface area contributed by atoms with Crippen molar-refractivity contribution in [2.24, 2.45) is 11.8 Å². The van der Waals surface area contributed by atoms with Crippen LogP contribution in [0.25, 0.3) is 0 Å². The monoisotopic (exact) mass is 428 g/mol. The van der Waals surface area contributed by atoms with E-state index in [0.717, 1.165) is 17.7 Å². The second-order valence-electron chi connectivity index (χ2n) is 8.49. The van der Waals surface area contributed by atoms with Crippen LogP contribution in [0, 0.1) is 11.8 Å². The topological polar surface area (TPSA) is 75.7 Å². The van der Waals surface area contributed by atoms with Crippen molar-refractivity contribution in [1.82, 2.24) is 9.62 Å². The Kier molecular flexibility index (Phi) is 5.84. The Morgan fingerprint density at radius 2 is 1.70 bits per heavy atom. The van der Waals surface area contributed by atoms with Crippen molar-refractivity contribution in [3.8, 4) is 5.75 Å². The number of carbonyl (C=O) groups is 1. The molecule has 160 valence electrons. The fourth-order valence-electron chi connectivity index (χ4n) is 4.46. The van der Waals surface area contributed by atoms with Crippen LogP contribution >= 0.6 is 0 Å². The molecule has 4 rings (SSSR count). The molecule has 7 heteroatoms. The molecule has 0 aromatic heterocycles. The molecule has 1 amide bonds. The Hall–Kier alpha value is -2.38. The number of nitrogens with one attached hydrogen (secondary N) is 1. The van der Waals surface area contributed by atoms with Crippen molar-refractivity contribution in [2.75, 3.05) is 19.7 Å². The van der Waals surface area contributed by atoms with Gasteiger partial charge in [-0.15, -0.1) is 0 Å². The number of hydrogen-bond acceptors (Lipinski definition) is 4. The number of piperidine rings is 1. The van der Waals surface area contributed by atoms with Crippen LogP contribution in [0.3, 0.4) is 0 Å². The van der Waals surface area contributed by atoms with Crippen LogP contribution in [-0.2, 0) is 10.0 Å². The number of amides is 1. The third-order valence-corrected chi connectivity index (χ3v) is 7.70. The maximum absolute atomic E-state index is 13.0. The molecule has 2 heterocycles. The highest BCUT2D eigenvalue weighted by Crippen LogP contribution is 2.32. The number of sulfonamides is 1. The van der Waals surface area contributed by atoms with E-state index in [4.69, 9.17) is 4.74 Å². The number of hydrogen-bond donors (Lipinski definition) is 1. The van der Waals surface area contributed by atoms with E-state index in [1.54, 1.807) is 16.4 Å². The SMILES string of the molecule is CC1CC(C)CN(S(=O)(=O)c2ccc(C(=O)NC3CCOc4ccccc43)cc2)C1. The Balaban J connectivity index is 1.48. The summed E-state index contributed by atoms with van der Waals surface area (Å²) < 4.78 is 33.3.